The van der Waals surface area contributed by atoms with Crippen molar-refractivity contribution in [3.63, 3.8) is 0 Å². The zero-order chi connectivity index (χ0) is 15.1. The molecular formula is C16H22ClNO2. The van der Waals surface area contributed by atoms with Crippen LogP contribution in [0.15, 0.2) is 18.2 Å². The van der Waals surface area contributed by atoms with Gasteiger partial charge in [-0.25, -0.2) is 0 Å². The van der Waals surface area contributed by atoms with Crippen molar-refractivity contribution in [3.8, 4) is 5.75 Å². The molecule has 1 aliphatic heterocycles. The lowest BCUT2D eigenvalue weighted by Gasteiger charge is -2.46. The number of benzene rings is 1. The second kappa shape index (κ2) is 5.28. The predicted molar refractivity (Wildman–Crippen MR) is 82.9 cm³/mol. The van der Waals surface area contributed by atoms with Gasteiger partial charge in [-0.3, -0.25) is 4.79 Å². The average molecular weight is 296 g/mol. The Morgan fingerprint density at radius 3 is 2.70 bits per heavy atom. The lowest BCUT2D eigenvalue weighted by molar-refractivity contribution is -0.119. The van der Waals surface area contributed by atoms with Gasteiger partial charge in [-0.1, -0.05) is 13.0 Å². The van der Waals surface area contributed by atoms with Crippen molar-refractivity contribution >= 4 is 23.2 Å². The molecule has 0 saturated heterocycles. The molecule has 3 nitrogen and oxygen atoms in total. The van der Waals surface area contributed by atoms with Gasteiger partial charge in [0.05, 0.1) is 12.8 Å². The van der Waals surface area contributed by atoms with Gasteiger partial charge in [0.15, 0.2) is 0 Å². The number of rotatable bonds is 2. The topological polar surface area (TPSA) is 29.5 Å². The zero-order valence-electron chi connectivity index (χ0n) is 12.7. The molecule has 1 aliphatic rings. The maximum Gasteiger partial charge on any atom is 0.245 e. The third kappa shape index (κ3) is 2.51. The SMILES string of the molecule is COc1ccc2c(c1)N(C(=O)C(C)Cl)C(C)(C)CC2C. The van der Waals surface area contributed by atoms with E-state index in [9.17, 15) is 4.79 Å². The molecule has 4 heteroatoms. The predicted octanol–water partition coefficient (Wildman–Crippen LogP) is 3.94. The molecule has 1 aromatic rings. The molecule has 0 bridgehead atoms. The van der Waals surface area contributed by atoms with Crippen molar-refractivity contribution in [3.05, 3.63) is 23.8 Å². The summed E-state index contributed by atoms with van der Waals surface area (Å²) in [5, 5.41) is -0.540. The summed E-state index contributed by atoms with van der Waals surface area (Å²) in [4.78, 5) is 14.4. The molecule has 2 atom stereocenters. The number of methoxy groups -OCH3 is 1. The fourth-order valence-electron chi connectivity index (χ4n) is 3.13. The second-order valence-corrected chi connectivity index (χ2v) is 6.79. The smallest absolute Gasteiger partial charge is 0.245 e. The number of ether oxygens (including phenoxy) is 1. The Morgan fingerprint density at radius 1 is 1.50 bits per heavy atom. The Bertz CT molecular complexity index is 525. The highest BCUT2D eigenvalue weighted by atomic mass is 35.5. The largest absolute Gasteiger partial charge is 0.497 e. The molecule has 2 unspecified atom stereocenters. The van der Waals surface area contributed by atoms with Crippen LogP contribution < -0.4 is 9.64 Å². The number of halogens is 1. The number of hydrogen-bond acceptors (Lipinski definition) is 2. The van der Waals surface area contributed by atoms with Crippen molar-refractivity contribution in [2.45, 2.75) is 50.9 Å². The third-order valence-corrected chi connectivity index (χ3v) is 4.17. The molecule has 0 spiro atoms. The number of nitrogens with zero attached hydrogens (tertiary/aromatic N) is 1. The Morgan fingerprint density at radius 2 is 2.15 bits per heavy atom. The monoisotopic (exact) mass is 295 g/mol. The standard InChI is InChI=1S/C16H22ClNO2/c1-10-9-16(3,4)18(15(19)11(2)17)14-8-12(20-5)6-7-13(10)14/h6-8,10-11H,9H2,1-5H3. The van der Waals surface area contributed by atoms with Gasteiger partial charge in [-0.05, 0) is 44.7 Å². The summed E-state index contributed by atoms with van der Waals surface area (Å²) in [6.07, 6.45) is 0.918. The van der Waals surface area contributed by atoms with Gasteiger partial charge in [0.1, 0.15) is 11.1 Å². The van der Waals surface area contributed by atoms with Gasteiger partial charge >= 0.3 is 0 Å². The lowest BCUT2D eigenvalue weighted by Crippen LogP contribution is -2.53. The Hall–Kier alpha value is -1.22. The summed E-state index contributed by atoms with van der Waals surface area (Å²) in [5.41, 5.74) is 1.85. The van der Waals surface area contributed by atoms with Crippen molar-refractivity contribution in [2.24, 2.45) is 0 Å². The van der Waals surface area contributed by atoms with Crippen LogP contribution in [0.25, 0.3) is 0 Å². The Labute approximate surface area is 125 Å². The molecule has 20 heavy (non-hydrogen) atoms. The van der Waals surface area contributed by atoms with Gasteiger partial charge in [0, 0.05) is 11.6 Å². The van der Waals surface area contributed by atoms with Crippen LogP contribution in [0, 0.1) is 0 Å². The van der Waals surface area contributed by atoms with Gasteiger partial charge in [0.25, 0.3) is 0 Å². The first-order valence-corrected chi connectivity index (χ1v) is 7.37. The van der Waals surface area contributed by atoms with E-state index in [-0.39, 0.29) is 11.4 Å². The van der Waals surface area contributed by atoms with Crippen molar-refractivity contribution in [2.75, 3.05) is 12.0 Å². The molecule has 1 aromatic carbocycles. The fraction of sp³-hybridized carbons (Fsp3) is 0.562. The van der Waals surface area contributed by atoms with Gasteiger partial charge < -0.3 is 9.64 Å². The summed E-state index contributed by atoms with van der Waals surface area (Å²) in [5.74, 6) is 1.10. The highest BCUT2D eigenvalue weighted by molar-refractivity contribution is 6.32. The van der Waals surface area contributed by atoms with Crippen LogP contribution in [0.2, 0.25) is 0 Å². The number of carbonyl (C=O) groups excluding carboxylic acids is 1. The fourth-order valence-corrected chi connectivity index (χ4v) is 3.23. The average Bonchev–Trinajstić information content (AvgIpc) is 2.36. The maximum absolute atomic E-state index is 12.5. The number of fused-ring (bicyclic) bond motifs is 1. The molecule has 0 radical (unpaired) electrons. The summed E-state index contributed by atoms with van der Waals surface area (Å²) in [6, 6.07) is 5.93. The molecular weight excluding hydrogens is 274 g/mol. The number of anilines is 1. The van der Waals surface area contributed by atoms with Crippen LogP contribution in [-0.2, 0) is 4.79 Å². The van der Waals surface area contributed by atoms with E-state index in [1.54, 1.807) is 14.0 Å². The first kappa shape index (κ1) is 15.2. The van der Waals surface area contributed by atoms with E-state index in [1.807, 2.05) is 23.1 Å². The molecule has 110 valence electrons. The molecule has 1 heterocycles. The summed E-state index contributed by atoms with van der Waals surface area (Å²) in [6.45, 7) is 8.09. The zero-order valence-corrected chi connectivity index (χ0v) is 13.5. The van der Waals surface area contributed by atoms with E-state index in [1.165, 1.54) is 5.56 Å². The molecule has 0 aliphatic carbocycles. The number of carbonyl (C=O) groups is 1. The third-order valence-electron chi connectivity index (χ3n) is 3.98. The molecule has 2 rings (SSSR count). The van der Waals surface area contributed by atoms with Crippen LogP contribution in [0.5, 0.6) is 5.75 Å². The summed E-state index contributed by atoms with van der Waals surface area (Å²) >= 11 is 6.04. The normalized spacial score (nSPS) is 22.1. The Balaban J connectivity index is 2.60. The van der Waals surface area contributed by atoms with Crippen LogP contribution in [0.1, 0.15) is 45.6 Å². The molecule has 0 saturated carbocycles. The molecule has 0 fully saturated rings. The van der Waals surface area contributed by atoms with Gasteiger partial charge in [0.2, 0.25) is 5.91 Å². The van der Waals surface area contributed by atoms with Gasteiger partial charge in [-0.15, -0.1) is 11.6 Å². The second-order valence-electron chi connectivity index (χ2n) is 6.13. The summed E-state index contributed by atoms with van der Waals surface area (Å²) < 4.78 is 5.30. The highest BCUT2D eigenvalue weighted by Crippen LogP contribution is 2.45. The number of amides is 1. The van der Waals surface area contributed by atoms with Crippen LogP contribution >= 0.6 is 11.6 Å². The van der Waals surface area contributed by atoms with E-state index in [0.29, 0.717) is 5.92 Å². The summed E-state index contributed by atoms with van der Waals surface area (Å²) in [7, 11) is 1.63. The van der Waals surface area contributed by atoms with Crippen molar-refractivity contribution in [1.82, 2.24) is 0 Å². The van der Waals surface area contributed by atoms with Gasteiger partial charge in [-0.2, -0.15) is 0 Å². The number of hydrogen-bond donors (Lipinski definition) is 0. The lowest BCUT2D eigenvalue weighted by atomic mass is 9.80. The number of alkyl halides is 1. The highest BCUT2D eigenvalue weighted by Gasteiger charge is 2.41. The van der Waals surface area contributed by atoms with Crippen molar-refractivity contribution in [1.29, 1.82) is 0 Å². The molecule has 0 aromatic heterocycles. The van der Waals surface area contributed by atoms with Crippen molar-refractivity contribution < 1.29 is 9.53 Å². The Kier molecular flexibility index (Phi) is 4.01. The maximum atomic E-state index is 12.5. The quantitative estimate of drug-likeness (QED) is 0.773. The van der Waals surface area contributed by atoms with E-state index in [4.69, 9.17) is 16.3 Å². The molecule has 0 N–H and O–H groups in total. The minimum Gasteiger partial charge on any atom is -0.497 e. The van der Waals surface area contributed by atoms with E-state index < -0.39 is 5.38 Å². The van der Waals surface area contributed by atoms with Crippen LogP contribution in [0.4, 0.5) is 5.69 Å². The first-order valence-electron chi connectivity index (χ1n) is 6.94. The van der Waals surface area contributed by atoms with Crippen LogP contribution in [-0.4, -0.2) is 23.9 Å². The minimum absolute atomic E-state index is 0.0573. The van der Waals surface area contributed by atoms with Crippen LogP contribution in [0.3, 0.4) is 0 Å². The van der Waals surface area contributed by atoms with E-state index in [0.717, 1.165) is 17.9 Å². The van der Waals surface area contributed by atoms with E-state index in [2.05, 4.69) is 20.8 Å². The first-order chi connectivity index (χ1) is 9.27. The molecule has 1 amide bonds. The van der Waals surface area contributed by atoms with E-state index >= 15 is 0 Å². The minimum atomic E-state index is -0.540.